The number of nitro benzene ring substituents is 2. The maximum atomic E-state index is 11.6. The minimum atomic E-state index is -0.642. The number of nitrogen functional groups attached to an aromatic ring is 2. The first kappa shape index (κ1) is 19.4. The Hall–Kier alpha value is -3.88. The number of hydrogen-bond acceptors (Lipinski definition) is 7. The Morgan fingerprint density at radius 1 is 0.815 bits per heavy atom. The molecule has 9 heteroatoms. The van der Waals surface area contributed by atoms with Crippen LogP contribution in [0.15, 0.2) is 36.4 Å². The van der Waals surface area contributed by atoms with Crippen LogP contribution in [0.3, 0.4) is 0 Å². The lowest BCUT2D eigenvalue weighted by Gasteiger charge is -2.12. The van der Waals surface area contributed by atoms with E-state index in [4.69, 9.17) is 16.2 Å². The molecule has 0 unspecified atom stereocenters. The predicted octanol–water partition coefficient (Wildman–Crippen LogP) is 4.53. The van der Waals surface area contributed by atoms with Crippen LogP contribution in [0.1, 0.15) is 25.0 Å². The molecule has 2 aromatic rings. The second-order valence-corrected chi connectivity index (χ2v) is 5.45. The standard InChI is InChI=1S/C18H18N4O5/c1-3-5-11-13(19)7-9-15(17(11)21(23)24)27-16-10-8-14(20)12(6-4-2)18(16)22(25)26/h3-10H,19-20H2,1-2H3. The van der Waals surface area contributed by atoms with Gasteiger partial charge in [0.15, 0.2) is 0 Å². The predicted molar refractivity (Wildman–Crippen MR) is 105 cm³/mol. The Kier molecular flexibility index (Phi) is 5.76. The maximum Gasteiger partial charge on any atom is 0.320 e. The van der Waals surface area contributed by atoms with Gasteiger partial charge in [-0.25, -0.2) is 0 Å². The van der Waals surface area contributed by atoms with Crippen LogP contribution in [0.2, 0.25) is 0 Å². The summed E-state index contributed by atoms with van der Waals surface area (Å²) >= 11 is 0. The van der Waals surface area contributed by atoms with Crippen molar-refractivity contribution < 1.29 is 14.6 Å². The SMILES string of the molecule is CC=Cc1c(N)ccc(Oc2ccc(N)c(C=CC)c2[N+](=O)[O-])c1[N+](=O)[O-]. The Morgan fingerprint density at radius 3 is 1.48 bits per heavy atom. The van der Waals surface area contributed by atoms with E-state index in [9.17, 15) is 20.2 Å². The summed E-state index contributed by atoms with van der Waals surface area (Å²) in [6, 6.07) is 5.48. The first-order valence-corrected chi connectivity index (χ1v) is 7.88. The number of anilines is 2. The molecule has 0 aliphatic rings. The van der Waals surface area contributed by atoms with E-state index in [1.807, 2.05) is 0 Å². The molecule has 0 bridgehead atoms. The molecule has 0 heterocycles. The summed E-state index contributed by atoms with van der Waals surface area (Å²) in [5.74, 6) is -0.330. The number of nitrogens with zero attached hydrogens (tertiary/aromatic N) is 2. The molecule has 0 amide bonds. The summed E-state index contributed by atoms with van der Waals surface area (Å²) in [7, 11) is 0. The van der Waals surface area contributed by atoms with Gasteiger partial charge < -0.3 is 16.2 Å². The van der Waals surface area contributed by atoms with Gasteiger partial charge in [-0.1, -0.05) is 24.3 Å². The van der Waals surface area contributed by atoms with Crippen LogP contribution in [0, 0.1) is 20.2 Å². The molecule has 0 atom stereocenters. The molecule has 2 rings (SSSR count). The highest BCUT2D eigenvalue weighted by Gasteiger charge is 2.27. The number of rotatable bonds is 6. The molecule has 0 aromatic heterocycles. The zero-order valence-electron chi connectivity index (χ0n) is 14.7. The lowest BCUT2D eigenvalue weighted by Crippen LogP contribution is -2.03. The molecule has 0 saturated heterocycles. The van der Waals surface area contributed by atoms with E-state index in [2.05, 4.69) is 0 Å². The zero-order chi connectivity index (χ0) is 20.1. The molecule has 0 saturated carbocycles. The van der Waals surface area contributed by atoms with Crippen LogP contribution in [-0.2, 0) is 0 Å². The fourth-order valence-electron chi connectivity index (χ4n) is 2.55. The van der Waals surface area contributed by atoms with Gasteiger partial charge in [0.25, 0.3) is 0 Å². The molecule has 0 radical (unpaired) electrons. The van der Waals surface area contributed by atoms with Crippen molar-refractivity contribution in [2.45, 2.75) is 13.8 Å². The summed E-state index contributed by atoms with van der Waals surface area (Å²) in [4.78, 5) is 21.9. The van der Waals surface area contributed by atoms with Crippen LogP contribution in [0.25, 0.3) is 12.2 Å². The van der Waals surface area contributed by atoms with Crippen molar-refractivity contribution in [3.8, 4) is 11.5 Å². The van der Waals surface area contributed by atoms with Gasteiger partial charge in [0.05, 0.1) is 21.0 Å². The van der Waals surface area contributed by atoms with Crippen molar-refractivity contribution in [3.63, 3.8) is 0 Å². The Morgan fingerprint density at radius 2 is 1.19 bits per heavy atom. The van der Waals surface area contributed by atoms with Gasteiger partial charge in [-0.2, -0.15) is 0 Å². The number of ether oxygens (including phenoxy) is 1. The largest absolute Gasteiger partial charge is 0.443 e. The molecule has 2 aromatic carbocycles. The van der Waals surface area contributed by atoms with E-state index in [1.165, 1.54) is 36.4 Å². The van der Waals surface area contributed by atoms with Crippen molar-refractivity contribution in [2.24, 2.45) is 0 Å². The van der Waals surface area contributed by atoms with Crippen molar-refractivity contribution in [1.29, 1.82) is 0 Å². The fourth-order valence-corrected chi connectivity index (χ4v) is 2.55. The summed E-state index contributed by atoms with van der Waals surface area (Å²) in [5, 5.41) is 23.1. The maximum absolute atomic E-state index is 11.6. The number of benzene rings is 2. The number of hydrogen-bond donors (Lipinski definition) is 2. The quantitative estimate of drug-likeness (QED) is 0.431. The van der Waals surface area contributed by atoms with Gasteiger partial charge in [-0.05, 0) is 38.1 Å². The third-order valence-corrected chi connectivity index (χ3v) is 3.68. The molecule has 27 heavy (non-hydrogen) atoms. The van der Waals surface area contributed by atoms with Crippen LogP contribution in [-0.4, -0.2) is 9.85 Å². The third-order valence-electron chi connectivity index (χ3n) is 3.68. The monoisotopic (exact) mass is 370 g/mol. The first-order chi connectivity index (χ1) is 12.8. The van der Waals surface area contributed by atoms with Crippen LogP contribution >= 0.6 is 0 Å². The van der Waals surface area contributed by atoms with E-state index >= 15 is 0 Å². The summed E-state index contributed by atoms with van der Waals surface area (Å²) in [5.41, 5.74) is 11.6. The zero-order valence-corrected chi connectivity index (χ0v) is 14.7. The van der Waals surface area contributed by atoms with Crippen molar-refractivity contribution >= 4 is 34.9 Å². The van der Waals surface area contributed by atoms with Gasteiger partial charge in [-0.15, -0.1) is 0 Å². The smallest absolute Gasteiger partial charge is 0.320 e. The highest BCUT2D eigenvalue weighted by atomic mass is 16.6. The van der Waals surface area contributed by atoms with Gasteiger partial charge in [-0.3, -0.25) is 20.2 Å². The number of nitro groups is 2. The Balaban J connectivity index is 2.71. The summed E-state index contributed by atoms with van der Waals surface area (Å²) < 4.78 is 5.59. The molecule has 0 spiro atoms. The number of allylic oxidation sites excluding steroid dienone is 2. The van der Waals surface area contributed by atoms with Gasteiger partial charge in [0, 0.05) is 11.4 Å². The topological polar surface area (TPSA) is 148 Å². The van der Waals surface area contributed by atoms with Crippen LogP contribution in [0.4, 0.5) is 22.7 Å². The minimum Gasteiger partial charge on any atom is -0.443 e. The van der Waals surface area contributed by atoms with E-state index < -0.39 is 9.85 Å². The lowest BCUT2D eigenvalue weighted by atomic mass is 10.1. The normalized spacial score (nSPS) is 11.2. The fraction of sp³-hybridized carbons (Fsp3) is 0.111. The van der Waals surface area contributed by atoms with Crippen LogP contribution < -0.4 is 16.2 Å². The molecule has 9 nitrogen and oxygen atoms in total. The molecular formula is C18H18N4O5. The summed E-state index contributed by atoms with van der Waals surface area (Å²) in [6.45, 7) is 3.37. The van der Waals surface area contributed by atoms with Crippen molar-refractivity contribution in [1.82, 2.24) is 0 Å². The third kappa shape index (κ3) is 3.87. The molecular weight excluding hydrogens is 352 g/mol. The second kappa shape index (κ2) is 8.00. The summed E-state index contributed by atoms with van der Waals surface area (Å²) in [6.07, 6.45) is 6.14. The van der Waals surface area contributed by atoms with E-state index in [0.717, 1.165) is 0 Å². The Bertz CT molecular complexity index is 889. The minimum absolute atomic E-state index is 0.159. The molecule has 0 aliphatic heterocycles. The first-order valence-electron chi connectivity index (χ1n) is 7.88. The molecule has 0 fully saturated rings. The van der Waals surface area contributed by atoms with Gasteiger partial charge in [0.2, 0.25) is 11.5 Å². The molecule has 140 valence electrons. The van der Waals surface area contributed by atoms with Crippen LogP contribution in [0.5, 0.6) is 11.5 Å². The lowest BCUT2D eigenvalue weighted by molar-refractivity contribution is -0.387. The highest BCUT2D eigenvalue weighted by Crippen LogP contribution is 2.43. The van der Waals surface area contributed by atoms with Crippen molar-refractivity contribution in [3.05, 3.63) is 67.8 Å². The number of nitrogens with two attached hydrogens (primary N) is 2. The Labute approximate surface area is 154 Å². The van der Waals surface area contributed by atoms with E-state index in [0.29, 0.717) is 0 Å². The van der Waals surface area contributed by atoms with Gasteiger partial charge in [0.1, 0.15) is 0 Å². The van der Waals surface area contributed by atoms with Gasteiger partial charge >= 0.3 is 11.4 Å². The van der Waals surface area contributed by atoms with Crippen molar-refractivity contribution in [2.75, 3.05) is 11.5 Å². The second-order valence-electron chi connectivity index (χ2n) is 5.45. The van der Waals surface area contributed by atoms with E-state index in [1.54, 1.807) is 26.0 Å². The molecule has 4 N–H and O–H groups in total. The average molecular weight is 370 g/mol. The van der Waals surface area contributed by atoms with E-state index in [-0.39, 0.29) is 45.4 Å². The average Bonchev–Trinajstić information content (AvgIpc) is 2.60. The highest BCUT2D eigenvalue weighted by molar-refractivity contribution is 5.79. The molecule has 0 aliphatic carbocycles.